The molecular formula is C16H19ClN4O3S2. The van der Waals surface area contributed by atoms with Crippen LogP contribution in [0.5, 0.6) is 0 Å². The minimum Gasteiger partial charge on any atom is -0.325 e. The van der Waals surface area contributed by atoms with E-state index in [1.54, 1.807) is 24.3 Å². The summed E-state index contributed by atoms with van der Waals surface area (Å²) >= 11 is 7.18. The molecule has 1 aliphatic rings. The number of anilines is 1. The molecule has 3 rings (SSSR count). The summed E-state index contributed by atoms with van der Waals surface area (Å²) in [6.45, 7) is 0. The standard InChI is InChI=1S/C16H19ClN4O3S2/c1-21-14(7-11-5-6-26(23,24)10-11)19-20-16(21)25-9-15(22)18-13-4-2-3-12(17)8-13/h2-4,8,11H,5-7,9-10H2,1H3,(H,18,22)/t11-/m0/s1. The molecule has 1 saturated heterocycles. The van der Waals surface area contributed by atoms with Gasteiger partial charge in [-0.15, -0.1) is 10.2 Å². The predicted molar refractivity (Wildman–Crippen MR) is 102 cm³/mol. The number of halogens is 1. The van der Waals surface area contributed by atoms with Crippen LogP contribution in [0.4, 0.5) is 5.69 Å². The maximum Gasteiger partial charge on any atom is 0.234 e. The van der Waals surface area contributed by atoms with Gasteiger partial charge in [0.25, 0.3) is 0 Å². The number of hydrogen-bond acceptors (Lipinski definition) is 6. The van der Waals surface area contributed by atoms with E-state index in [2.05, 4.69) is 15.5 Å². The van der Waals surface area contributed by atoms with Crippen molar-refractivity contribution in [3.8, 4) is 0 Å². The first kappa shape index (κ1) is 19.2. The minimum atomic E-state index is -2.90. The average Bonchev–Trinajstić information content (AvgIpc) is 3.08. The largest absolute Gasteiger partial charge is 0.325 e. The summed E-state index contributed by atoms with van der Waals surface area (Å²) < 4.78 is 25.0. The number of nitrogens with zero attached hydrogens (tertiary/aromatic N) is 3. The van der Waals surface area contributed by atoms with Crippen molar-refractivity contribution in [2.75, 3.05) is 22.6 Å². The number of amides is 1. The summed E-state index contributed by atoms with van der Waals surface area (Å²) in [5.41, 5.74) is 0.643. The number of nitrogens with one attached hydrogen (secondary N) is 1. The van der Waals surface area contributed by atoms with E-state index in [4.69, 9.17) is 11.6 Å². The smallest absolute Gasteiger partial charge is 0.234 e. The molecule has 2 heterocycles. The second-order valence-corrected chi connectivity index (χ2v) is 9.89. The van der Waals surface area contributed by atoms with Crippen LogP contribution in [0.1, 0.15) is 12.2 Å². The molecule has 140 valence electrons. The number of aromatic nitrogens is 3. The summed E-state index contributed by atoms with van der Waals surface area (Å²) in [5, 5.41) is 12.2. The third kappa shape index (κ3) is 4.99. The molecule has 0 unspecified atom stereocenters. The van der Waals surface area contributed by atoms with Gasteiger partial charge in [0.05, 0.1) is 17.3 Å². The Hall–Kier alpha value is -1.58. The normalized spacial score (nSPS) is 18.8. The van der Waals surface area contributed by atoms with E-state index in [1.807, 2.05) is 11.6 Å². The molecule has 0 spiro atoms. The van der Waals surface area contributed by atoms with Gasteiger partial charge in [0.15, 0.2) is 15.0 Å². The zero-order valence-corrected chi connectivity index (χ0v) is 16.6. The van der Waals surface area contributed by atoms with E-state index in [1.165, 1.54) is 11.8 Å². The average molecular weight is 415 g/mol. The Balaban J connectivity index is 1.54. The van der Waals surface area contributed by atoms with Crippen molar-refractivity contribution in [3.05, 3.63) is 35.1 Å². The van der Waals surface area contributed by atoms with Crippen molar-refractivity contribution >= 4 is 44.8 Å². The molecule has 1 atom stereocenters. The molecule has 7 nitrogen and oxygen atoms in total. The maximum atomic E-state index is 12.1. The zero-order valence-electron chi connectivity index (χ0n) is 14.2. The summed E-state index contributed by atoms with van der Waals surface area (Å²) in [4.78, 5) is 12.1. The molecule has 1 fully saturated rings. The molecule has 10 heteroatoms. The zero-order chi connectivity index (χ0) is 18.7. The molecule has 0 aliphatic carbocycles. The van der Waals surface area contributed by atoms with Crippen LogP contribution in [-0.2, 0) is 28.1 Å². The Morgan fingerprint density at radius 2 is 2.23 bits per heavy atom. The van der Waals surface area contributed by atoms with Crippen LogP contribution in [0.25, 0.3) is 0 Å². The molecule has 26 heavy (non-hydrogen) atoms. The lowest BCUT2D eigenvalue weighted by Gasteiger charge is -2.08. The van der Waals surface area contributed by atoms with Gasteiger partial charge >= 0.3 is 0 Å². The lowest BCUT2D eigenvalue weighted by atomic mass is 10.1. The number of carbonyl (C=O) groups is 1. The van der Waals surface area contributed by atoms with E-state index in [0.717, 1.165) is 5.82 Å². The number of carbonyl (C=O) groups excluding carboxylic acids is 1. The van der Waals surface area contributed by atoms with Crippen molar-refractivity contribution < 1.29 is 13.2 Å². The highest BCUT2D eigenvalue weighted by atomic mass is 35.5. The number of sulfone groups is 1. The van der Waals surface area contributed by atoms with Crippen LogP contribution in [0.3, 0.4) is 0 Å². The van der Waals surface area contributed by atoms with Crippen molar-refractivity contribution in [1.29, 1.82) is 0 Å². The van der Waals surface area contributed by atoms with Gasteiger partial charge in [-0.2, -0.15) is 0 Å². The first-order valence-electron chi connectivity index (χ1n) is 8.09. The highest BCUT2D eigenvalue weighted by Gasteiger charge is 2.29. The van der Waals surface area contributed by atoms with E-state index in [-0.39, 0.29) is 29.1 Å². The van der Waals surface area contributed by atoms with Crippen molar-refractivity contribution in [2.45, 2.75) is 18.0 Å². The topological polar surface area (TPSA) is 93.9 Å². The molecule has 2 aromatic rings. The highest BCUT2D eigenvalue weighted by Crippen LogP contribution is 2.24. The first-order valence-corrected chi connectivity index (χ1v) is 11.3. The third-order valence-electron chi connectivity index (χ3n) is 4.16. The summed E-state index contributed by atoms with van der Waals surface area (Å²) in [6.07, 6.45) is 1.25. The Morgan fingerprint density at radius 1 is 1.42 bits per heavy atom. The molecule has 1 aromatic carbocycles. The summed E-state index contributed by atoms with van der Waals surface area (Å²) in [6, 6.07) is 6.95. The Labute approximate surface area is 161 Å². The lowest BCUT2D eigenvalue weighted by Crippen LogP contribution is -2.14. The second kappa shape index (κ2) is 7.98. The Morgan fingerprint density at radius 3 is 2.92 bits per heavy atom. The molecule has 1 amide bonds. The van der Waals surface area contributed by atoms with Gasteiger partial charge in [-0.25, -0.2) is 8.42 Å². The molecule has 1 aliphatic heterocycles. The SMILES string of the molecule is Cn1c(C[C@@H]2CCS(=O)(=O)C2)nnc1SCC(=O)Nc1cccc(Cl)c1. The monoisotopic (exact) mass is 414 g/mol. The van der Waals surface area contributed by atoms with Crippen LogP contribution < -0.4 is 5.32 Å². The molecule has 0 bridgehead atoms. The van der Waals surface area contributed by atoms with E-state index in [0.29, 0.717) is 28.7 Å². The predicted octanol–water partition coefficient (Wildman–Crippen LogP) is 2.18. The van der Waals surface area contributed by atoms with Crippen LogP contribution in [0.15, 0.2) is 29.4 Å². The summed E-state index contributed by atoms with van der Waals surface area (Å²) in [5.74, 6) is 1.32. The molecule has 0 radical (unpaired) electrons. The Kier molecular flexibility index (Phi) is 5.89. The van der Waals surface area contributed by atoms with Crippen LogP contribution in [0, 0.1) is 5.92 Å². The van der Waals surface area contributed by atoms with Crippen molar-refractivity contribution in [2.24, 2.45) is 13.0 Å². The molecule has 1 N–H and O–H groups in total. The van der Waals surface area contributed by atoms with Gasteiger partial charge in [0.2, 0.25) is 5.91 Å². The van der Waals surface area contributed by atoms with Crippen molar-refractivity contribution in [3.63, 3.8) is 0 Å². The lowest BCUT2D eigenvalue weighted by molar-refractivity contribution is -0.113. The number of thioether (sulfide) groups is 1. The molecular weight excluding hydrogens is 396 g/mol. The molecule has 0 saturated carbocycles. The maximum absolute atomic E-state index is 12.1. The quantitative estimate of drug-likeness (QED) is 0.728. The van der Waals surface area contributed by atoms with Crippen LogP contribution in [0.2, 0.25) is 5.02 Å². The Bertz CT molecular complexity index is 914. The third-order valence-corrected chi connectivity index (χ3v) is 7.26. The number of hydrogen-bond donors (Lipinski definition) is 1. The fourth-order valence-corrected chi connectivity index (χ4v) is 5.62. The van der Waals surface area contributed by atoms with Crippen LogP contribution >= 0.6 is 23.4 Å². The van der Waals surface area contributed by atoms with Gasteiger partial charge < -0.3 is 9.88 Å². The van der Waals surface area contributed by atoms with Gasteiger partial charge in [-0.3, -0.25) is 4.79 Å². The van der Waals surface area contributed by atoms with E-state index < -0.39 is 9.84 Å². The fraction of sp³-hybridized carbons (Fsp3) is 0.438. The number of rotatable bonds is 6. The number of benzene rings is 1. The second-order valence-electron chi connectivity index (χ2n) is 6.28. The summed E-state index contributed by atoms with van der Waals surface area (Å²) in [7, 11) is -1.07. The van der Waals surface area contributed by atoms with Crippen molar-refractivity contribution in [1.82, 2.24) is 14.8 Å². The van der Waals surface area contributed by atoms with Crippen LogP contribution in [-0.4, -0.2) is 46.3 Å². The first-order chi connectivity index (χ1) is 12.3. The van der Waals surface area contributed by atoms with E-state index in [9.17, 15) is 13.2 Å². The fourth-order valence-electron chi connectivity index (χ4n) is 2.83. The highest BCUT2D eigenvalue weighted by molar-refractivity contribution is 7.99. The minimum absolute atomic E-state index is 0.0897. The molecule has 1 aromatic heterocycles. The van der Waals surface area contributed by atoms with Gasteiger partial charge in [-0.1, -0.05) is 29.4 Å². The van der Waals surface area contributed by atoms with Gasteiger partial charge in [-0.05, 0) is 30.5 Å². The van der Waals surface area contributed by atoms with Gasteiger partial charge in [0.1, 0.15) is 5.82 Å². The van der Waals surface area contributed by atoms with E-state index >= 15 is 0 Å². The van der Waals surface area contributed by atoms with Gasteiger partial charge in [0, 0.05) is 24.2 Å².